The van der Waals surface area contributed by atoms with Crippen molar-refractivity contribution in [1.29, 1.82) is 0 Å². The van der Waals surface area contributed by atoms with Gasteiger partial charge in [0.15, 0.2) is 17.0 Å². The molecule has 0 radical (unpaired) electrons. The maximum absolute atomic E-state index is 11.4. The zero-order valence-electron chi connectivity index (χ0n) is 10.5. The van der Waals surface area contributed by atoms with E-state index in [0.29, 0.717) is 5.56 Å². The third kappa shape index (κ3) is 4.06. The standard InChI is InChI=1S/C12H17NO2PS/c1-12(2,3)16(17)13-10-7-5-6-9(8-10)11(14)15-4/h5-8H,1-4H3,(H,13,17)/q+1. The minimum atomic E-state index is -0.753. The monoisotopic (exact) mass is 270 g/mol. The van der Waals surface area contributed by atoms with Crippen LogP contribution in [-0.2, 0) is 16.5 Å². The summed E-state index contributed by atoms with van der Waals surface area (Å²) in [6.07, 6.45) is 0. The second kappa shape index (κ2) is 5.56. The number of hydrogen-bond donors (Lipinski definition) is 1. The van der Waals surface area contributed by atoms with E-state index in [1.54, 1.807) is 12.1 Å². The summed E-state index contributed by atoms with van der Waals surface area (Å²) in [6, 6.07) is 7.20. The Labute approximate surface area is 108 Å². The van der Waals surface area contributed by atoms with Crippen molar-refractivity contribution in [2.75, 3.05) is 12.2 Å². The molecule has 3 nitrogen and oxygen atoms in total. The van der Waals surface area contributed by atoms with Gasteiger partial charge in [0.05, 0.1) is 18.4 Å². The van der Waals surface area contributed by atoms with Crippen LogP contribution in [0.3, 0.4) is 0 Å². The molecule has 0 spiro atoms. The van der Waals surface area contributed by atoms with E-state index in [1.165, 1.54) is 7.11 Å². The molecule has 0 aliphatic rings. The van der Waals surface area contributed by atoms with Crippen molar-refractivity contribution in [1.82, 2.24) is 0 Å². The summed E-state index contributed by atoms with van der Waals surface area (Å²) < 4.78 is 4.68. The molecule has 1 aromatic carbocycles. The van der Waals surface area contributed by atoms with Gasteiger partial charge in [-0.1, -0.05) is 6.07 Å². The predicted molar refractivity (Wildman–Crippen MR) is 75.4 cm³/mol. The Morgan fingerprint density at radius 2 is 2.06 bits per heavy atom. The molecule has 0 amide bonds. The van der Waals surface area contributed by atoms with Gasteiger partial charge < -0.3 is 4.74 Å². The van der Waals surface area contributed by atoms with Crippen LogP contribution in [-0.4, -0.2) is 18.2 Å². The molecule has 1 atom stereocenters. The molecule has 0 bridgehead atoms. The second-order valence-corrected chi connectivity index (χ2v) is 7.90. The Morgan fingerprint density at radius 1 is 1.41 bits per heavy atom. The van der Waals surface area contributed by atoms with Crippen molar-refractivity contribution in [3.63, 3.8) is 0 Å². The van der Waals surface area contributed by atoms with E-state index >= 15 is 0 Å². The van der Waals surface area contributed by atoms with Crippen molar-refractivity contribution in [2.45, 2.75) is 25.9 Å². The molecule has 0 saturated carbocycles. The molecule has 0 heterocycles. The van der Waals surface area contributed by atoms with Crippen molar-refractivity contribution in [3.8, 4) is 0 Å². The summed E-state index contributed by atoms with van der Waals surface area (Å²) in [5, 5.41) is 3.32. The summed E-state index contributed by atoms with van der Waals surface area (Å²) in [6.45, 7) is 5.55. The Balaban J connectivity index is 2.87. The van der Waals surface area contributed by atoms with Gasteiger partial charge in [-0.15, -0.1) is 0 Å². The number of nitrogens with one attached hydrogen (secondary N) is 1. The Morgan fingerprint density at radius 3 is 2.59 bits per heavy atom. The molecular formula is C12H17NO2PS+. The molecule has 0 fully saturated rings. The van der Waals surface area contributed by atoms with E-state index in [1.807, 2.05) is 12.1 Å². The van der Waals surface area contributed by atoms with Crippen LogP contribution < -0.4 is 5.09 Å². The van der Waals surface area contributed by atoms with Crippen molar-refractivity contribution >= 4 is 30.3 Å². The maximum Gasteiger partial charge on any atom is 0.337 e. The maximum atomic E-state index is 11.4. The minimum absolute atomic E-state index is 0.0476. The highest BCUT2D eigenvalue weighted by molar-refractivity contribution is 8.06. The fourth-order valence-electron chi connectivity index (χ4n) is 1.12. The topological polar surface area (TPSA) is 38.3 Å². The molecule has 5 heteroatoms. The van der Waals surface area contributed by atoms with Crippen LogP contribution in [0.2, 0.25) is 0 Å². The summed E-state index contributed by atoms with van der Waals surface area (Å²) in [5.41, 5.74) is 1.40. The number of rotatable bonds is 3. The van der Waals surface area contributed by atoms with Gasteiger partial charge in [0.25, 0.3) is 6.85 Å². The number of esters is 1. The number of hydrogen-bond acceptors (Lipinski definition) is 3. The molecule has 0 saturated heterocycles. The van der Waals surface area contributed by atoms with Crippen molar-refractivity contribution < 1.29 is 9.53 Å². The third-order valence-electron chi connectivity index (χ3n) is 2.12. The van der Waals surface area contributed by atoms with E-state index in [-0.39, 0.29) is 11.1 Å². The lowest BCUT2D eigenvalue weighted by atomic mass is 10.2. The van der Waals surface area contributed by atoms with Crippen LogP contribution in [0.25, 0.3) is 0 Å². The SMILES string of the molecule is COC(=O)c1cccc(N[P+](=S)C(C)(C)C)c1. The Bertz CT molecular complexity index is 440. The van der Waals surface area contributed by atoms with Gasteiger partial charge >= 0.3 is 5.97 Å². The summed E-state index contributed by atoms with van der Waals surface area (Å²) in [7, 11) is 1.37. The number of carbonyl (C=O) groups excluding carboxylic acids is 1. The lowest BCUT2D eigenvalue weighted by molar-refractivity contribution is 0.0601. The molecule has 1 N–H and O–H groups in total. The highest BCUT2D eigenvalue weighted by atomic mass is 32.4. The van der Waals surface area contributed by atoms with Crippen molar-refractivity contribution in [2.24, 2.45) is 0 Å². The molecule has 0 aromatic heterocycles. The van der Waals surface area contributed by atoms with Gasteiger partial charge in [0.1, 0.15) is 0 Å². The van der Waals surface area contributed by atoms with Gasteiger partial charge in [-0.25, -0.2) is 9.88 Å². The minimum Gasteiger partial charge on any atom is -0.465 e. The molecule has 0 aliphatic carbocycles. The molecule has 1 unspecified atom stereocenters. The van der Waals surface area contributed by atoms with E-state index in [4.69, 9.17) is 11.8 Å². The summed E-state index contributed by atoms with van der Waals surface area (Å²) in [4.78, 5) is 11.4. The van der Waals surface area contributed by atoms with E-state index < -0.39 is 6.85 Å². The average Bonchev–Trinajstić information content (AvgIpc) is 2.27. The van der Waals surface area contributed by atoms with Gasteiger partial charge in [0, 0.05) is 0 Å². The second-order valence-electron chi connectivity index (χ2n) is 4.65. The Hall–Kier alpha value is -0.990. The van der Waals surface area contributed by atoms with Crippen LogP contribution in [0.1, 0.15) is 31.1 Å². The summed E-state index contributed by atoms with van der Waals surface area (Å²) in [5.74, 6) is -0.335. The highest BCUT2D eigenvalue weighted by Gasteiger charge is 2.29. The number of anilines is 1. The highest BCUT2D eigenvalue weighted by Crippen LogP contribution is 2.38. The van der Waals surface area contributed by atoms with Gasteiger partial charge in [-0.05, 0) is 39.0 Å². The first kappa shape index (κ1) is 14.1. The van der Waals surface area contributed by atoms with Gasteiger partial charge in [0.2, 0.25) is 0 Å². The van der Waals surface area contributed by atoms with E-state index in [0.717, 1.165) is 5.69 Å². The van der Waals surface area contributed by atoms with Crippen LogP contribution in [0.5, 0.6) is 0 Å². The van der Waals surface area contributed by atoms with Crippen molar-refractivity contribution in [3.05, 3.63) is 29.8 Å². The third-order valence-corrected chi connectivity index (χ3v) is 5.72. The largest absolute Gasteiger partial charge is 0.465 e. The van der Waals surface area contributed by atoms with Crippen LogP contribution >= 0.6 is 6.85 Å². The molecule has 17 heavy (non-hydrogen) atoms. The number of ether oxygens (including phenoxy) is 1. The predicted octanol–water partition coefficient (Wildman–Crippen LogP) is 3.54. The first-order valence-corrected chi connectivity index (χ1v) is 7.62. The normalized spacial score (nSPS) is 11.9. The molecule has 1 aromatic rings. The first-order chi connectivity index (χ1) is 7.84. The summed E-state index contributed by atoms with van der Waals surface area (Å²) >= 11 is 5.43. The van der Waals surface area contributed by atoms with Crippen LogP contribution in [0.15, 0.2) is 24.3 Å². The van der Waals surface area contributed by atoms with Crippen LogP contribution in [0, 0.1) is 0 Å². The number of methoxy groups -OCH3 is 1. The fourth-order valence-corrected chi connectivity index (χ4v) is 2.14. The lowest BCUT2D eigenvalue weighted by Gasteiger charge is -2.09. The molecule has 1 rings (SSSR count). The molecule has 0 aliphatic heterocycles. The molecular weight excluding hydrogens is 253 g/mol. The number of benzene rings is 1. The van der Waals surface area contributed by atoms with Gasteiger partial charge in [-0.2, -0.15) is 0 Å². The molecule has 92 valence electrons. The zero-order chi connectivity index (χ0) is 13.1. The quantitative estimate of drug-likeness (QED) is 0.673. The van der Waals surface area contributed by atoms with Crippen LogP contribution in [0.4, 0.5) is 5.69 Å². The average molecular weight is 270 g/mol. The van der Waals surface area contributed by atoms with E-state index in [2.05, 4.69) is 30.6 Å². The van der Waals surface area contributed by atoms with Gasteiger partial charge in [-0.3, -0.25) is 0 Å². The Kier molecular flexibility index (Phi) is 4.61. The first-order valence-electron chi connectivity index (χ1n) is 5.27. The van der Waals surface area contributed by atoms with E-state index in [9.17, 15) is 4.79 Å². The number of carbonyl (C=O) groups is 1. The zero-order valence-corrected chi connectivity index (χ0v) is 12.2. The fraction of sp³-hybridized carbons (Fsp3) is 0.417. The lowest BCUT2D eigenvalue weighted by Crippen LogP contribution is -2.11. The smallest absolute Gasteiger partial charge is 0.337 e.